The van der Waals surface area contributed by atoms with Crippen molar-refractivity contribution in [1.29, 1.82) is 0 Å². The molecule has 4 nitrogen and oxygen atoms in total. The summed E-state index contributed by atoms with van der Waals surface area (Å²) in [6.45, 7) is -2.30. The van der Waals surface area contributed by atoms with Gasteiger partial charge in [-0.3, -0.25) is 4.98 Å². The van der Waals surface area contributed by atoms with Gasteiger partial charge in [0.05, 0.1) is 39.1 Å². The van der Waals surface area contributed by atoms with Crippen molar-refractivity contribution >= 4 is 32.8 Å². The molecule has 0 radical (unpaired) electrons. The summed E-state index contributed by atoms with van der Waals surface area (Å²) < 4.78 is 23.6. The zero-order chi connectivity index (χ0) is 31.3. The first-order chi connectivity index (χ1) is 22.4. The van der Waals surface area contributed by atoms with Crippen LogP contribution in [0.3, 0.4) is 0 Å². The number of fused-ring (bicyclic) bond motifs is 4. The van der Waals surface area contributed by atoms with Crippen LogP contribution in [0.5, 0.6) is 0 Å². The Morgan fingerprint density at radius 3 is 1.65 bits per heavy atom. The van der Waals surface area contributed by atoms with E-state index in [1.807, 2.05) is 84.9 Å². The van der Waals surface area contributed by atoms with Crippen LogP contribution in [0.25, 0.3) is 77.7 Å². The second-order valence-corrected chi connectivity index (χ2v) is 10.5. The molecule has 0 fully saturated rings. The first kappa shape index (κ1) is 21.9. The van der Waals surface area contributed by atoms with Crippen LogP contribution in [0.15, 0.2) is 140 Å². The molecule has 8 rings (SSSR count). The second kappa shape index (κ2) is 10.3. The number of nitrogens with zero attached hydrogens (tertiary/aromatic N) is 4. The van der Waals surface area contributed by atoms with Crippen LogP contribution >= 0.6 is 0 Å². The smallest absolute Gasteiger partial charge is 0.0973 e. The molecule has 0 aliphatic rings. The fraction of sp³-hybridized carbons (Fsp3) is 0.0256. The molecular formula is C39H26N4. The molecule has 3 heterocycles. The Bertz CT molecular complexity index is 2420. The van der Waals surface area contributed by atoms with E-state index < -0.39 is 6.85 Å². The van der Waals surface area contributed by atoms with Gasteiger partial charge in [0.15, 0.2) is 0 Å². The Morgan fingerprint density at radius 1 is 0.419 bits per heavy atom. The average molecular weight is 554 g/mol. The summed E-state index contributed by atoms with van der Waals surface area (Å²) in [5.41, 5.74) is 10.3. The number of pyridine rings is 2. The minimum atomic E-state index is -2.30. The van der Waals surface area contributed by atoms with Crippen molar-refractivity contribution < 1.29 is 4.11 Å². The zero-order valence-electron chi connectivity index (χ0n) is 26.1. The molecule has 0 saturated heterocycles. The van der Waals surface area contributed by atoms with Gasteiger partial charge in [0, 0.05) is 37.3 Å². The fourth-order valence-corrected chi connectivity index (χ4v) is 5.63. The van der Waals surface area contributed by atoms with Gasteiger partial charge in [0.25, 0.3) is 0 Å². The Hall–Kier alpha value is -5.74. The summed E-state index contributed by atoms with van der Waals surface area (Å²) in [6, 6.07) is 46.1. The third kappa shape index (κ3) is 4.59. The molecule has 3 aromatic heterocycles. The molecular weight excluding hydrogens is 524 g/mol. The lowest BCUT2D eigenvalue weighted by atomic mass is 9.97. The van der Waals surface area contributed by atoms with Crippen molar-refractivity contribution in [2.24, 2.45) is 0 Å². The summed E-state index contributed by atoms with van der Waals surface area (Å²) in [4.78, 5) is 19.8. The molecule has 202 valence electrons. The van der Waals surface area contributed by atoms with Crippen LogP contribution in [0.4, 0.5) is 0 Å². The number of benzene rings is 5. The average Bonchev–Trinajstić information content (AvgIpc) is 3.10. The predicted molar refractivity (Wildman–Crippen MR) is 177 cm³/mol. The monoisotopic (exact) mass is 553 g/mol. The molecule has 8 aromatic rings. The number of para-hydroxylation sites is 2. The van der Waals surface area contributed by atoms with Crippen molar-refractivity contribution in [2.75, 3.05) is 0 Å². The van der Waals surface area contributed by atoms with E-state index in [-0.39, 0.29) is 5.69 Å². The number of hydrogen-bond donors (Lipinski definition) is 0. The molecule has 0 aliphatic heterocycles. The van der Waals surface area contributed by atoms with Crippen LogP contribution < -0.4 is 0 Å². The van der Waals surface area contributed by atoms with Gasteiger partial charge in [-0.1, -0.05) is 103 Å². The maximum Gasteiger partial charge on any atom is 0.0973 e. The molecule has 0 unspecified atom stereocenters. The Balaban J connectivity index is 1.28. The highest BCUT2D eigenvalue weighted by Crippen LogP contribution is 2.35. The highest BCUT2D eigenvalue weighted by molar-refractivity contribution is 6.03. The third-order valence-corrected chi connectivity index (χ3v) is 7.77. The quantitative estimate of drug-likeness (QED) is 0.204. The second-order valence-electron chi connectivity index (χ2n) is 10.5. The van der Waals surface area contributed by atoms with Gasteiger partial charge in [-0.05, 0) is 54.4 Å². The highest BCUT2D eigenvalue weighted by Gasteiger charge is 2.16. The summed E-state index contributed by atoms with van der Waals surface area (Å²) in [7, 11) is 0. The molecule has 0 aliphatic carbocycles. The van der Waals surface area contributed by atoms with Crippen molar-refractivity contribution in [3.63, 3.8) is 0 Å². The molecule has 0 N–H and O–H groups in total. The van der Waals surface area contributed by atoms with Crippen LogP contribution in [0.1, 0.15) is 9.81 Å². The number of aromatic nitrogens is 4. The van der Waals surface area contributed by atoms with Crippen molar-refractivity contribution in [3.05, 3.63) is 145 Å². The Labute approximate surface area is 253 Å². The van der Waals surface area contributed by atoms with Crippen molar-refractivity contribution in [1.82, 2.24) is 19.9 Å². The normalized spacial score (nSPS) is 12.7. The van der Waals surface area contributed by atoms with E-state index in [4.69, 9.17) is 19.1 Å². The molecule has 0 saturated carbocycles. The van der Waals surface area contributed by atoms with E-state index in [0.717, 1.165) is 66.7 Å². The van der Waals surface area contributed by atoms with Gasteiger partial charge in [-0.2, -0.15) is 0 Å². The summed E-state index contributed by atoms with van der Waals surface area (Å²) in [6.07, 6.45) is 0. The number of aryl methyl sites for hydroxylation is 1. The van der Waals surface area contributed by atoms with E-state index >= 15 is 0 Å². The standard InChI is InChI=1S/C39H26N4/c1-25-17-18-27-19-20-28-21-22-33(41-37(28)36(27)40-25)30-12-8-14-32(24-30)39-38(42-34-15-5-6-16-35(34)43-39)31-13-7-11-29(23-31)26-9-3-2-4-10-26/h2-24H,1H3/i1D3. The number of hydrogen-bond acceptors (Lipinski definition) is 4. The third-order valence-electron chi connectivity index (χ3n) is 7.77. The van der Waals surface area contributed by atoms with Crippen molar-refractivity contribution in [2.45, 2.75) is 6.85 Å². The first-order valence-corrected chi connectivity index (χ1v) is 14.2. The van der Waals surface area contributed by atoms with Gasteiger partial charge >= 0.3 is 0 Å². The maximum atomic E-state index is 7.86. The summed E-state index contributed by atoms with van der Waals surface area (Å²) >= 11 is 0. The van der Waals surface area contributed by atoms with Gasteiger partial charge in [0.1, 0.15) is 0 Å². The van der Waals surface area contributed by atoms with E-state index in [1.165, 1.54) is 0 Å². The van der Waals surface area contributed by atoms with Crippen molar-refractivity contribution in [3.8, 4) is 44.9 Å². The van der Waals surface area contributed by atoms with E-state index in [9.17, 15) is 0 Å². The predicted octanol–water partition coefficient (Wildman–Crippen LogP) is 9.70. The Kier molecular flexibility index (Phi) is 5.24. The topological polar surface area (TPSA) is 51.6 Å². The first-order valence-electron chi connectivity index (χ1n) is 15.7. The van der Waals surface area contributed by atoms with E-state index in [2.05, 4.69) is 47.4 Å². The minimum absolute atomic E-state index is 0.0560. The lowest BCUT2D eigenvalue weighted by Crippen LogP contribution is -1.96. The van der Waals surface area contributed by atoms with E-state index in [0.29, 0.717) is 11.0 Å². The molecule has 4 heteroatoms. The van der Waals surface area contributed by atoms with Gasteiger partial charge in [0.2, 0.25) is 0 Å². The molecule has 5 aromatic carbocycles. The highest BCUT2D eigenvalue weighted by atomic mass is 14.8. The van der Waals surface area contributed by atoms with E-state index in [1.54, 1.807) is 12.1 Å². The molecule has 43 heavy (non-hydrogen) atoms. The lowest BCUT2D eigenvalue weighted by Gasteiger charge is -2.13. The molecule has 0 spiro atoms. The summed E-state index contributed by atoms with van der Waals surface area (Å²) in [5, 5.41) is 1.73. The molecule has 0 atom stereocenters. The van der Waals surface area contributed by atoms with Crippen LogP contribution in [-0.4, -0.2) is 19.9 Å². The largest absolute Gasteiger partial charge is 0.251 e. The lowest BCUT2D eigenvalue weighted by molar-refractivity contribution is 1.25. The SMILES string of the molecule is [2H]C([2H])([2H])c1ccc2ccc3ccc(-c4cccc(-c5nc6ccccc6nc5-c5cccc(-c6ccccc6)c5)c4)nc3c2n1. The minimum Gasteiger partial charge on any atom is -0.251 e. The van der Waals surface area contributed by atoms with Crippen LogP contribution in [0.2, 0.25) is 0 Å². The van der Waals surface area contributed by atoms with Gasteiger partial charge in [-0.15, -0.1) is 0 Å². The molecule has 0 amide bonds. The van der Waals surface area contributed by atoms with Gasteiger partial charge in [-0.25, -0.2) is 15.0 Å². The van der Waals surface area contributed by atoms with Crippen LogP contribution in [0, 0.1) is 6.85 Å². The number of rotatable bonds is 4. The zero-order valence-corrected chi connectivity index (χ0v) is 23.1. The molecule has 0 bridgehead atoms. The van der Waals surface area contributed by atoms with Gasteiger partial charge < -0.3 is 0 Å². The summed E-state index contributed by atoms with van der Waals surface area (Å²) in [5.74, 6) is 0. The maximum absolute atomic E-state index is 7.86. The Morgan fingerprint density at radius 2 is 0.953 bits per heavy atom. The van der Waals surface area contributed by atoms with Crippen LogP contribution in [-0.2, 0) is 0 Å². The fourth-order valence-electron chi connectivity index (χ4n) is 5.63.